The molecule has 0 radical (unpaired) electrons. The molecule has 1 aromatic rings. The van der Waals surface area contributed by atoms with Gasteiger partial charge in [-0.15, -0.1) is 0 Å². The van der Waals surface area contributed by atoms with E-state index in [0.29, 0.717) is 22.9 Å². The average molecular weight is 433 g/mol. The van der Waals surface area contributed by atoms with Crippen LogP contribution in [0.1, 0.15) is 24.8 Å². The molecule has 5 rings (SSSR count). The Hall–Kier alpha value is -2.49. The van der Waals surface area contributed by atoms with E-state index < -0.39 is 47.0 Å². The van der Waals surface area contributed by atoms with Crippen molar-refractivity contribution < 1.29 is 23.9 Å². The molecule has 10 heteroatoms. The maximum Gasteiger partial charge on any atom is 0.250 e. The van der Waals surface area contributed by atoms with Crippen molar-refractivity contribution >= 4 is 40.9 Å². The monoisotopic (exact) mass is 432 g/mol. The van der Waals surface area contributed by atoms with Gasteiger partial charge in [-0.25, -0.2) is 0 Å². The highest BCUT2D eigenvalue weighted by molar-refractivity contribution is 6.35. The molecule has 1 aromatic carbocycles. The molecule has 4 aliphatic rings. The molecule has 4 heterocycles. The number of halogens is 1. The fraction of sp³-hybridized carbons (Fsp3) is 0.500. The van der Waals surface area contributed by atoms with Crippen LogP contribution in [0.3, 0.4) is 0 Å². The van der Waals surface area contributed by atoms with Crippen LogP contribution in [0.2, 0.25) is 5.02 Å². The van der Waals surface area contributed by atoms with Crippen molar-refractivity contribution in [1.82, 2.24) is 10.2 Å². The van der Waals surface area contributed by atoms with Crippen molar-refractivity contribution in [3.63, 3.8) is 0 Å². The first kappa shape index (κ1) is 19.5. The molecule has 1 spiro atoms. The third kappa shape index (κ3) is 2.55. The van der Waals surface area contributed by atoms with E-state index in [9.17, 15) is 19.2 Å². The second kappa shape index (κ2) is 6.76. The summed E-state index contributed by atoms with van der Waals surface area (Å²) in [6.45, 7) is 0.742. The maximum atomic E-state index is 13.5. The van der Waals surface area contributed by atoms with Gasteiger partial charge in [0.15, 0.2) is 0 Å². The van der Waals surface area contributed by atoms with E-state index in [2.05, 4.69) is 10.6 Å². The Bertz CT molecular complexity index is 978. The molecule has 4 aliphatic heterocycles. The molecule has 3 saturated heterocycles. The van der Waals surface area contributed by atoms with E-state index >= 15 is 0 Å². The minimum absolute atomic E-state index is 0.147. The minimum Gasteiger partial charge on any atom is -0.376 e. The Kier molecular flexibility index (Phi) is 4.39. The van der Waals surface area contributed by atoms with Crippen LogP contribution in [-0.2, 0) is 29.5 Å². The zero-order valence-corrected chi connectivity index (χ0v) is 16.8. The van der Waals surface area contributed by atoms with Gasteiger partial charge in [0.1, 0.15) is 5.54 Å². The number of amides is 4. The number of fused-ring (bicyclic) bond motifs is 4. The molecule has 0 saturated carbocycles. The van der Waals surface area contributed by atoms with Crippen molar-refractivity contribution in [2.45, 2.75) is 36.9 Å². The fourth-order valence-corrected chi connectivity index (χ4v) is 5.64. The Morgan fingerprint density at radius 3 is 2.80 bits per heavy atom. The second-order valence-corrected chi connectivity index (χ2v) is 8.68. The quantitative estimate of drug-likeness (QED) is 0.579. The lowest BCUT2D eigenvalue weighted by molar-refractivity contribution is -0.144. The topological polar surface area (TPSA) is 131 Å². The van der Waals surface area contributed by atoms with Crippen LogP contribution >= 0.6 is 11.6 Å². The van der Waals surface area contributed by atoms with Crippen LogP contribution in [0.4, 0.5) is 5.69 Å². The highest BCUT2D eigenvalue weighted by Crippen LogP contribution is 2.54. The third-order valence-corrected chi connectivity index (χ3v) is 6.94. The average Bonchev–Trinajstić information content (AvgIpc) is 3.42. The van der Waals surface area contributed by atoms with Gasteiger partial charge in [0, 0.05) is 24.6 Å². The third-order valence-electron chi connectivity index (χ3n) is 6.62. The first-order valence-corrected chi connectivity index (χ1v) is 10.4. The number of benzene rings is 1. The highest BCUT2D eigenvalue weighted by atomic mass is 35.5. The molecular formula is C20H21ClN4O5. The van der Waals surface area contributed by atoms with E-state index in [1.807, 2.05) is 0 Å². The molecule has 0 aromatic heterocycles. The van der Waals surface area contributed by atoms with E-state index in [4.69, 9.17) is 22.1 Å². The molecule has 4 amide bonds. The molecular weight excluding hydrogens is 412 g/mol. The Balaban J connectivity index is 1.60. The van der Waals surface area contributed by atoms with Crippen LogP contribution in [0.15, 0.2) is 18.2 Å². The number of likely N-dealkylation sites (tertiary alicyclic amines) is 1. The first-order valence-electron chi connectivity index (χ1n) is 9.98. The summed E-state index contributed by atoms with van der Waals surface area (Å²) in [6.07, 6.45) is 1.25. The van der Waals surface area contributed by atoms with Crippen molar-refractivity contribution in [1.29, 1.82) is 0 Å². The largest absolute Gasteiger partial charge is 0.376 e. The number of hydrogen-bond donors (Lipinski definition) is 3. The molecule has 3 fully saturated rings. The summed E-state index contributed by atoms with van der Waals surface area (Å²) in [7, 11) is 0. The smallest absolute Gasteiger partial charge is 0.250 e. The van der Waals surface area contributed by atoms with E-state index in [0.717, 1.165) is 12.8 Å². The van der Waals surface area contributed by atoms with E-state index in [1.165, 1.54) is 4.90 Å². The van der Waals surface area contributed by atoms with Crippen molar-refractivity contribution in [2.75, 3.05) is 18.5 Å². The Morgan fingerprint density at radius 2 is 2.10 bits per heavy atom. The predicted octanol–water partition coefficient (Wildman–Crippen LogP) is 0.115. The van der Waals surface area contributed by atoms with E-state index in [1.54, 1.807) is 18.2 Å². The van der Waals surface area contributed by atoms with Gasteiger partial charge >= 0.3 is 0 Å². The van der Waals surface area contributed by atoms with Gasteiger partial charge in [-0.1, -0.05) is 23.7 Å². The number of primary amides is 1. The number of imide groups is 1. The van der Waals surface area contributed by atoms with Gasteiger partial charge in [0.2, 0.25) is 23.6 Å². The number of carbonyl (C=O) groups is 4. The van der Waals surface area contributed by atoms with Crippen LogP contribution in [0.25, 0.3) is 0 Å². The summed E-state index contributed by atoms with van der Waals surface area (Å²) in [5, 5.41) is 6.22. The number of rotatable bonds is 4. The minimum atomic E-state index is -1.48. The van der Waals surface area contributed by atoms with Crippen molar-refractivity contribution in [2.24, 2.45) is 17.6 Å². The molecule has 158 valence electrons. The molecule has 30 heavy (non-hydrogen) atoms. The molecule has 0 aliphatic carbocycles. The number of para-hydroxylation sites is 1. The second-order valence-electron chi connectivity index (χ2n) is 8.27. The predicted molar refractivity (Wildman–Crippen MR) is 105 cm³/mol. The van der Waals surface area contributed by atoms with Crippen LogP contribution in [0, 0.1) is 11.8 Å². The fourth-order valence-electron chi connectivity index (χ4n) is 5.42. The van der Waals surface area contributed by atoms with Gasteiger partial charge in [0.25, 0.3) is 0 Å². The zero-order valence-electron chi connectivity index (χ0n) is 16.0. The van der Waals surface area contributed by atoms with Crippen LogP contribution in [-0.4, -0.2) is 53.8 Å². The van der Waals surface area contributed by atoms with Crippen LogP contribution in [0.5, 0.6) is 0 Å². The number of hydrogen-bond acceptors (Lipinski definition) is 6. The van der Waals surface area contributed by atoms with Crippen molar-refractivity contribution in [3.8, 4) is 0 Å². The maximum absolute atomic E-state index is 13.5. The lowest BCUT2D eigenvalue weighted by Gasteiger charge is -2.30. The molecule has 5 atom stereocenters. The van der Waals surface area contributed by atoms with Crippen molar-refractivity contribution in [3.05, 3.63) is 28.8 Å². The number of anilines is 1. The Morgan fingerprint density at radius 1 is 1.30 bits per heavy atom. The SMILES string of the molecule is NC(=O)C[C@@H]1N[C@]2(C(=O)Nc3c(Cl)cccc32)[C@@H]2C(=O)N(C[C@H]3CCCO3)C(=O)[C@@H]12. The highest BCUT2D eigenvalue weighted by Gasteiger charge is 2.70. The lowest BCUT2D eigenvalue weighted by atomic mass is 9.76. The summed E-state index contributed by atoms with van der Waals surface area (Å²) < 4.78 is 5.60. The first-order chi connectivity index (χ1) is 14.3. The molecule has 9 nitrogen and oxygen atoms in total. The molecule has 0 bridgehead atoms. The number of carbonyl (C=O) groups excluding carboxylic acids is 4. The normalized spacial score (nSPS) is 34.6. The van der Waals surface area contributed by atoms with Gasteiger partial charge in [0.05, 0.1) is 35.2 Å². The van der Waals surface area contributed by atoms with Crippen LogP contribution < -0.4 is 16.4 Å². The van der Waals surface area contributed by atoms with Gasteiger partial charge in [-0.3, -0.25) is 29.4 Å². The number of nitrogens with two attached hydrogens (primary N) is 1. The zero-order chi connectivity index (χ0) is 21.2. The molecule has 4 N–H and O–H groups in total. The summed E-state index contributed by atoms with van der Waals surface area (Å²) in [6, 6.07) is 4.29. The summed E-state index contributed by atoms with van der Waals surface area (Å²) >= 11 is 6.27. The standard InChI is InChI=1S/C20H21ClN4O5/c21-11-5-1-4-10-16(11)23-19(29)20(10)15-14(12(24-20)7-13(22)26)17(27)25(18(15)28)8-9-3-2-6-30-9/h1,4-5,9,12,14-15,24H,2-3,6-8H2,(H2,22,26)(H,23,29)/t9-,12+,14+,15+,20+/m1/s1. The summed E-state index contributed by atoms with van der Waals surface area (Å²) in [5.41, 5.74) is 4.84. The molecule has 0 unspecified atom stereocenters. The van der Waals surface area contributed by atoms with E-state index in [-0.39, 0.29) is 19.1 Å². The van der Waals surface area contributed by atoms with Gasteiger partial charge in [-0.2, -0.15) is 0 Å². The number of nitrogens with one attached hydrogen (secondary N) is 2. The Labute approximate surface area is 177 Å². The number of nitrogens with zero attached hydrogens (tertiary/aromatic N) is 1. The lowest BCUT2D eigenvalue weighted by Crippen LogP contribution is -2.54. The summed E-state index contributed by atoms with van der Waals surface area (Å²) in [4.78, 5) is 52.9. The van der Waals surface area contributed by atoms with Gasteiger partial charge < -0.3 is 15.8 Å². The summed E-state index contributed by atoms with van der Waals surface area (Å²) in [5.74, 6) is -3.79. The van der Waals surface area contributed by atoms with Gasteiger partial charge in [-0.05, 0) is 18.9 Å². The number of ether oxygens (including phenoxy) is 1.